The van der Waals surface area contributed by atoms with Crippen molar-refractivity contribution in [2.75, 3.05) is 38.2 Å². The summed E-state index contributed by atoms with van der Waals surface area (Å²) in [4.78, 5) is 7.06. The van der Waals surface area contributed by atoms with E-state index in [1.54, 1.807) is 0 Å². The molecule has 6 heteroatoms. The Kier molecular flexibility index (Phi) is 6.15. The predicted octanol–water partition coefficient (Wildman–Crippen LogP) is 3.63. The van der Waals surface area contributed by atoms with Crippen LogP contribution < -0.4 is 11.1 Å². The summed E-state index contributed by atoms with van der Waals surface area (Å²) in [5, 5.41) is 4.00. The number of benzene rings is 2. The van der Waals surface area contributed by atoms with Crippen molar-refractivity contribution < 1.29 is 4.74 Å². The van der Waals surface area contributed by atoms with Crippen molar-refractivity contribution in [1.29, 1.82) is 0 Å². The van der Waals surface area contributed by atoms with Gasteiger partial charge in [-0.25, -0.2) is 0 Å². The normalized spacial score (nSPS) is 18.7. The Labute approximate surface area is 171 Å². The maximum atomic E-state index is 6.21. The van der Waals surface area contributed by atoms with E-state index in [0.717, 1.165) is 43.4 Å². The van der Waals surface area contributed by atoms with E-state index in [1.165, 1.54) is 29.5 Å². The third-order valence-electron chi connectivity index (χ3n) is 5.55. The van der Waals surface area contributed by atoms with Crippen LogP contribution in [0.4, 0.5) is 5.69 Å². The fourth-order valence-corrected chi connectivity index (χ4v) is 4.15. The molecule has 2 aromatic carbocycles. The lowest BCUT2D eigenvalue weighted by molar-refractivity contribution is 0.0180. The largest absolute Gasteiger partial charge is 0.379 e. The summed E-state index contributed by atoms with van der Waals surface area (Å²) in [6.45, 7) is 3.86. The molecule has 148 valence electrons. The highest BCUT2D eigenvalue weighted by molar-refractivity contribution is 6.30. The number of nitrogens with two attached hydrogens (primary N) is 1. The lowest BCUT2D eigenvalue weighted by Crippen LogP contribution is -2.40. The van der Waals surface area contributed by atoms with E-state index in [1.807, 2.05) is 12.1 Å². The minimum atomic E-state index is 0.154. The maximum Gasteiger partial charge on any atom is 0.193 e. The summed E-state index contributed by atoms with van der Waals surface area (Å²) < 4.78 is 5.51. The van der Waals surface area contributed by atoms with Crippen molar-refractivity contribution in [2.24, 2.45) is 10.7 Å². The van der Waals surface area contributed by atoms with Gasteiger partial charge in [0.05, 0.1) is 25.8 Å². The number of halogens is 1. The molecule has 28 heavy (non-hydrogen) atoms. The van der Waals surface area contributed by atoms with Gasteiger partial charge < -0.3 is 15.8 Å². The Hall–Kier alpha value is -2.08. The van der Waals surface area contributed by atoms with Crippen LogP contribution in [0.2, 0.25) is 5.02 Å². The second kappa shape index (κ2) is 8.95. The third-order valence-corrected chi connectivity index (χ3v) is 5.80. The van der Waals surface area contributed by atoms with E-state index < -0.39 is 0 Å². The zero-order valence-corrected chi connectivity index (χ0v) is 16.8. The molecule has 0 amide bonds. The first-order valence-electron chi connectivity index (χ1n) is 9.95. The summed E-state index contributed by atoms with van der Waals surface area (Å²) in [5.41, 5.74) is 11.3. The second-order valence-electron chi connectivity index (χ2n) is 7.40. The van der Waals surface area contributed by atoms with Crippen LogP contribution in [-0.4, -0.2) is 43.7 Å². The molecule has 1 saturated heterocycles. The van der Waals surface area contributed by atoms with Crippen LogP contribution in [0.5, 0.6) is 0 Å². The molecule has 1 heterocycles. The SMILES string of the molecule is NC(=NCC(c1ccc(Cl)cc1)N1CCOCC1)Nc1ccc2c(c1)CCC2. The van der Waals surface area contributed by atoms with Crippen LogP contribution in [0.15, 0.2) is 47.5 Å². The minimum Gasteiger partial charge on any atom is -0.379 e. The molecule has 1 aliphatic carbocycles. The number of aryl methyl sites for hydroxylation is 2. The monoisotopic (exact) mass is 398 g/mol. The van der Waals surface area contributed by atoms with Crippen LogP contribution in [0, 0.1) is 0 Å². The first-order valence-corrected chi connectivity index (χ1v) is 10.3. The van der Waals surface area contributed by atoms with Crippen molar-refractivity contribution in [3.05, 3.63) is 64.2 Å². The zero-order chi connectivity index (χ0) is 19.3. The number of guanidine groups is 1. The molecule has 3 N–H and O–H groups in total. The number of fused-ring (bicyclic) bond motifs is 1. The molecule has 0 spiro atoms. The number of hydrogen-bond acceptors (Lipinski definition) is 3. The van der Waals surface area contributed by atoms with Crippen LogP contribution >= 0.6 is 11.6 Å². The van der Waals surface area contributed by atoms with E-state index in [9.17, 15) is 0 Å². The molecule has 0 radical (unpaired) electrons. The van der Waals surface area contributed by atoms with Gasteiger partial charge in [0.25, 0.3) is 0 Å². The number of morpholine rings is 1. The van der Waals surface area contributed by atoms with Crippen LogP contribution in [0.25, 0.3) is 0 Å². The molecule has 2 aromatic rings. The third kappa shape index (κ3) is 4.66. The Morgan fingerprint density at radius 3 is 2.64 bits per heavy atom. The quantitative estimate of drug-likeness (QED) is 0.596. The fourth-order valence-electron chi connectivity index (χ4n) is 4.03. The van der Waals surface area contributed by atoms with Gasteiger partial charge in [0.1, 0.15) is 0 Å². The smallest absolute Gasteiger partial charge is 0.193 e. The van der Waals surface area contributed by atoms with Crippen molar-refractivity contribution in [1.82, 2.24) is 4.90 Å². The highest BCUT2D eigenvalue weighted by Crippen LogP contribution is 2.26. The van der Waals surface area contributed by atoms with Gasteiger partial charge in [-0.15, -0.1) is 0 Å². The average Bonchev–Trinajstić information content (AvgIpc) is 3.18. The second-order valence-corrected chi connectivity index (χ2v) is 7.84. The Balaban J connectivity index is 1.46. The van der Waals surface area contributed by atoms with E-state index in [0.29, 0.717) is 12.5 Å². The van der Waals surface area contributed by atoms with Crippen molar-refractivity contribution in [3.8, 4) is 0 Å². The standard InChI is InChI=1S/C22H27ClN4O/c23-19-7-4-17(5-8-19)21(27-10-12-28-13-11-27)15-25-22(24)26-20-9-6-16-2-1-3-18(16)14-20/h4-9,14,21H,1-3,10-13,15H2,(H3,24,25,26). The molecule has 5 nitrogen and oxygen atoms in total. The molecule has 0 saturated carbocycles. The van der Waals surface area contributed by atoms with Crippen LogP contribution in [0.3, 0.4) is 0 Å². The molecule has 1 aliphatic heterocycles. The highest BCUT2D eigenvalue weighted by Gasteiger charge is 2.22. The molecule has 4 rings (SSSR count). The van der Waals surface area contributed by atoms with Gasteiger partial charge in [-0.3, -0.25) is 9.89 Å². The minimum absolute atomic E-state index is 0.154. The summed E-state index contributed by atoms with van der Waals surface area (Å²) in [6.07, 6.45) is 3.57. The van der Waals surface area contributed by atoms with E-state index in [2.05, 4.69) is 45.5 Å². The maximum absolute atomic E-state index is 6.21. The number of ether oxygens (including phenoxy) is 1. The number of anilines is 1. The first kappa shape index (κ1) is 19.2. The van der Waals surface area contributed by atoms with E-state index in [4.69, 9.17) is 22.1 Å². The molecule has 1 atom stereocenters. The number of rotatable bonds is 5. The Bertz CT molecular complexity index is 831. The Morgan fingerprint density at radius 1 is 1.11 bits per heavy atom. The molecule has 0 bridgehead atoms. The van der Waals surface area contributed by atoms with Gasteiger partial charge in [0.2, 0.25) is 0 Å². The topological polar surface area (TPSA) is 62.9 Å². The van der Waals surface area contributed by atoms with Gasteiger partial charge in [-0.05, 0) is 60.2 Å². The molecule has 2 aliphatic rings. The van der Waals surface area contributed by atoms with Crippen LogP contribution in [-0.2, 0) is 17.6 Å². The average molecular weight is 399 g/mol. The lowest BCUT2D eigenvalue weighted by atomic mass is 10.0. The van der Waals surface area contributed by atoms with Gasteiger partial charge in [0.15, 0.2) is 5.96 Å². The molecule has 0 aromatic heterocycles. The van der Waals surface area contributed by atoms with Crippen molar-refractivity contribution in [3.63, 3.8) is 0 Å². The molecular weight excluding hydrogens is 372 g/mol. The summed E-state index contributed by atoms with van der Waals surface area (Å²) in [6, 6.07) is 14.6. The van der Waals surface area contributed by atoms with Crippen molar-refractivity contribution in [2.45, 2.75) is 25.3 Å². The van der Waals surface area contributed by atoms with Gasteiger partial charge >= 0.3 is 0 Å². The van der Waals surface area contributed by atoms with Gasteiger partial charge in [-0.1, -0.05) is 29.8 Å². The summed E-state index contributed by atoms with van der Waals surface area (Å²) in [7, 11) is 0. The van der Waals surface area contributed by atoms with Crippen LogP contribution in [0.1, 0.15) is 29.2 Å². The fraction of sp³-hybridized carbons (Fsp3) is 0.409. The number of hydrogen-bond donors (Lipinski definition) is 2. The number of nitrogens with one attached hydrogen (secondary N) is 1. The molecular formula is C22H27ClN4O. The van der Waals surface area contributed by atoms with E-state index in [-0.39, 0.29) is 6.04 Å². The van der Waals surface area contributed by atoms with E-state index >= 15 is 0 Å². The highest BCUT2D eigenvalue weighted by atomic mass is 35.5. The predicted molar refractivity (Wildman–Crippen MR) is 115 cm³/mol. The van der Waals surface area contributed by atoms with Gasteiger partial charge in [-0.2, -0.15) is 0 Å². The number of aliphatic imine (C=N–C) groups is 1. The Morgan fingerprint density at radius 2 is 1.86 bits per heavy atom. The lowest BCUT2D eigenvalue weighted by Gasteiger charge is -2.34. The summed E-state index contributed by atoms with van der Waals surface area (Å²) in [5.74, 6) is 0.449. The number of nitrogens with zero attached hydrogens (tertiary/aromatic N) is 2. The summed E-state index contributed by atoms with van der Waals surface area (Å²) >= 11 is 6.07. The zero-order valence-electron chi connectivity index (χ0n) is 16.0. The molecule has 1 fully saturated rings. The van der Waals surface area contributed by atoms with Gasteiger partial charge in [0, 0.05) is 23.8 Å². The first-order chi connectivity index (χ1) is 13.7. The molecule has 1 unspecified atom stereocenters. The van der Waals surface area contributed by atoms with Crippen molar-refractivity contribution >= 4 is 23.2 Å².